The van der Waals surface area contributed by atoms with Crippen molar-refractivity contribution in [2.45, 2.75) is 52.4 Å². The highest BCUT2D eigenvalue weighted by Gasteiger charge is 2.25. The molecule has 1 aliphatic heterocycles. The summed E-state index contributed by atoms with van der Waals surface area (Å²) in [5.41, 5.74) is 3.16. The molecule has 34 heavy (non-hydrogen) atoms. The first kappa shape index (κ1) is 23.9. The zero-order valence-corrected chi connectivity index (χ0v) is 20.3. The maximum absolute atomic E-state index is 15.1. The molecule has 10 heteroatoms. The van der Waals surface area contributed by atoms with E-state index < -0.39 is 0 Å². The zero-order valence-electron chi connectivity index (χ0n) is 19.6. The smallest absolute Gasteiger partial charge is 0.229 e. The monoisotopic (exact) mass is 485 g/mol. The summed E-state index contributed by atoms with van der Waals surface area (Å²) in [4.78, 5) is 22.6. The molecule has 1 amide bonds. The molecule has 1 fully saturated rings. The SMILES string of the molecule is CCCC(=O)N1CCC(c2cc(F)c(Nc3ncc(Cl)c(Nc4cc(C)[nH]n4)n3)cc2C)CC1. The lowest BCUT2D eigenvalue weighted by atomic mass is 9.86. The number of anilines is 4. The lowest BCUT2D eigenvalue weighted by molar-refractivity contribution is -0.132. The van der Waals surface area contributed by atoms with Gasteiger partial charge in [-0.1, -0.05) is 18.5 Å². The number of amides is 1. The predicted molar refractivity (Wildman–Crippen MR) is 132 cm³/mol. The lowest BCUT2D eigenvalue weighted by Crippen LogP contribution is -2.37. The van der Waals surface area contributed by atoms with E-state index in [1.54, 1.807) is 12.1 Å². The minimum atomic E-state index is -0.374. The number of halogens is 2. The summed E-state index contributed by atoms with van der Waals surface area (Å²) in [5.74, 6) is 1.22. The Morgan fingerprint density at radius 1 is 1.24 bits per heavy atom. The third-order valence-electron chi connectivity index (χ3n) is 6.05. The average Bonchev–Trinajstić information content (AvgIpc) is 3.23. The van der Waals surface area contributed by atoms with E-state index in [1.165, 1.54) is 6.20 Å². The highest BCUT2D eigenvalue weighted by atomic mass is 35.5. The first-order chi connectivity index (χ1) is 16.3. The summed E-state index contributed by atoms with van der Waals surface area (Å²) in [5, 5.41) is 13.3. The average molecular weight is 486 g/mol. The van der Waals surface area contributed by atoms with Gasteiger partial charge in [0.1, 0.15) is 10.8 Å². The largest absolute Gasteiger partial charge is 0.343 e. The van der Waals surface area contributed by atoms with Gasteiger partial charge in [-0.05, 0) is 62.3 Å². The number of likely N-dealkylation sites (tertiary alicyclic amines) is 1. The standard InChI is InChI=1S/C24H29ClFN7O/c1-4-5-22(34)33-8-6-16(7-9-33)17-12-19(26)20(10-14(17)2)28-24-27-13-18(25)23(30-24)29-21-11-15(3)31-32-21/h10-13,16H,4-9H2,1-3H3,(H3,27,28,29,30,31,32). The van der Waals surface area contributed by atoms with E-state index in [1.807, 2.05) is 31.7 Å². The van der Waals surface area contributed by atoms with Crippen molar-refractivity contribution in [3.05, 3.63) is 52.1 Å². The van der Waals surface area contributed by atoms with Crippen molar-refractivity contribution in [2.24, 2.45) is 0 Å². The number of aryl methyl sites for hydroxylation is 2. The van der Waals surface area contributed by atoms with Gasteiger partial charge in [0.2, 0.25) is 11.9 Å². The fourth-order valence-corrected chi connectivity index (χ4v) is 4.42. The van der Waals surface area contributed by atoms with Crippen molar-refractivity contribution < 1.29 is 9.18 Å². The van der Waals surface area contributed by atoms with Crippen LogP contribution in [-0.2, 0) is 4.79 Å². The molecule has 3 aromatic rings. The van der Waals surface area contributed by atoms with Gasteiger partial charge in [0, 0.05) is 31.3 Å². The molecule has 4 rings (SSSR count). The third kappa shape index (κ3) is 5.47. The maximum Gasteiger partial charge on any atom is 0.229 e. The zero-order chi connectivity index (χ0) is 24.2. The Hall–Kier alpha value is -3.20. The molecule has 1 saturated heterocycles. The van der Waals surface area contributed by atoms with Crippen LogP contribution in [0.3, 0.4) is 0 Å². The van der Waals surface area contributed by atoms with Crippen LogP contribution in [0.5, 0.6) is 0 Å². The number of piperidine rings is 1. The molecule has 0 spiro atoms. The molecule has 180 valence electrons. The van der Waals surface area contributed by atoms with Gasteiger partial charge in [-0.15, -0.1) is 0 Å². The number of nitrogens with one attached hydrogen (secondary N) is 3. The number of benzene rings is 1. The molecule has 2 aromatic heterocycles. The fourth-order valence-electron chi connectivity index (χ4n) is 4.28. The number of nitrogens with zero attached hydrogens (tertiary/aromatic N) is 4. The third-order valence-corrected chi connectivity index (χ3v) is 6.33. The topological polar surface area (TPSA) is 98.8 Å². The maximum atomic E-state index is 15.1. The van der Waals surface area contributed by atoms with Gasteiger partial charge < -0.3 is 15.5 Å². The Morgan fingerprint density at radius 2 is 2.00 bits per heavy atom. The van der Waals surface area contributed by atoms with Crippen LogP contribution >= 0.6 is 11.6 Å². The number of hydrogen-bond acceptors (Lipinski definition) is 6. The van der Waals surface area contributed by atoms with Crippen molar-refractivity contribution in [1.29, 1.82) is 0 Å². The van der Waals surface area contributed by atoms with E-state index in [4.69, 9.17) is 11.6 Å². The normalized spacial score (nSPS) is 14.3. The number of carbonyl (C=O) groups is 1. The second-order valence-electron chi connectivity index (χ2n) is 8.67. The van der Waals surface area contributed by atoms with Crippen molar-refractivity contribution in [2.75, 3.05) is 23.7 Å². The number of H-pyrrole nitrogens is 1. The number of hydrogen-bond donors (Lipinski definition) is 3. The van der Waals surface area contributed by atoms with Crippen LogP contribution in [0.1, 0.15) is 55.3 Å². The van der Waals surface area contributed by atoms with Crippen LogP contribution in [0.25, 0.3) is 0 Å². The first-order valence-corrected chi connectivity index (χ1v) is 11.9. The molecule has 0 aliphatic carbocycles. The second-order valence-corrected chi connectivity index (χ2v) is 9.08. The number of carbonyl (C=O) groups excluding carboxylic acids is 1. The van der Waals surface area contributed by atoms with Gasteiger partial charge in [-0.2, -0.15) is 10.1 Å². The van der Waals surface area contributed by atoms with E-state index in [0.29, 0.717) is 41.9 Å². The van der Waals surface area contributed by atoms with Crippen molar-refractivity contribution in [3.8, 4) is 0 Å². The van der Waals surface area contributed by atoms with Crippen LogP contribution < -0.4 is 10.6 Å². The second kappa shape index (κ2) is 10.4. The predicted octanol–water partition coefficient (Wildman–Crippen LogP) is 5.60. The first-order valence-electron chi connectivity index (χ1n) is 11.5. The molecule has 0 bridgehead atoms. The van der Waals surface area contributed by atoms with E-state index in [2.05, 4.69) is 30.8 Å². The molecule has 0 saturated carbocycles. The van der Waals surface area contributed by atoms with E-state index in [9.17, 15) is 4.79 Å². The van der Waals surface area contributed by atoms with Crippen LogP contribution in [-0.4, -0.2) is 44.1 Å². The Labute approximate surface area is 203 Å². The van der Waals surface area contributed by atoms with Crippen LogP contribution in [0.4, 0.5) is 27.7 Å². The fraction of sp³-hybridized carbons (Fsp3) is 0.417. The lowest BCUT2D eigenvalue weighted by Gasteiger charge is -2.33. The summed E-state index contributed by atoms with van der Waals surface area (Å²) in [6.45, 7) is 7.31. The highest BCUT2D eigenvalue weighted by molar-refractivity contribution is 6.32. The number of rotatable bonds is 7. The summed E-state index contributed by atoms with van der Waals surface area (Å²) in [7, 11) is 0. The minimum absolute atomic E-state index is 0.211. The van der Waals surface area contributed by atoms with E-state index in [0.717, 1.165) is 36.1 Å². The Balaban J connectivity index is 1.46. The molecule has 8 nitrogen and oxygen atoms in total. The van der Waals surface area contributed by atoms with Crippen LogP contribution in [0.15, 0.2) is 24.4 Å². The van der Waals surface area contributed by atoms with Gasteiger partial charge in [-0.3, -0.25) is 9.89 Å². The van der Waals surface area contributed by atoms with Crippen molar-refractivity contribution >= 4 is 40.8 Å². The Morgan fingerprint density at radius 3 is 2.68 bits per heavy atom. The molecule has 0 atom stereocenters. The van der Waals surface area contributed by atoms with E-state index >= 15 is 4.39 Å². The summed E-state index contributed by atoms with van der Waals surface area (Å²) in [6, 6.07) is 5.19. The molecular weight excluding hydrogens is 457 g/mol. The molecular formula is C24H29ClFN7O. The van der Waals surface area contributed by atoms with Crippen LogP contribution in [0.2, 0.25) is 5.02 Å². The van der Waals surface area contributed by atoms with Gasteiger partial charge in [-0.25, -0.2) is 9.37 Å². The van der Waals surface area contributed by atoms with Gasteiger partial charge in [0.15, 0.2) is 11.6 Å². The number of aromatic nitrogens is 4. The van der Waals surface area contributed by atoms with Gasteiger partial charge >= 0.3 is 0 Å². The summed E-state index contributed by atoms with van der Waals surface area (Å²) < 4.78 is 15.1. The Bertz CT molecular complexity index is 1170. The molecule has 1 aromatic carbocycles. The molecule has 1 aliphatic rings. The quantitative estimate of drug-likeness (QED) is 0.402. The van der Waals surface area contributed by atoms with Gasteiger partial charge in [0.05, 0.1) is 11.9 Å². The summed E-state index contributed by atoms with van der Waals surface area (Å²) in [6.07, 6.45) is 4.57. The Kier molecular flexibility index (Phi) is 7.31. The minimum Gasteiger partial charge on any atom is -0.343 e. The van der Waals surface area contributed by atoms with E-state index in [-0.39, 0.29) is 23.6 Å². The number of aromatic amines is 1. The molecule has 3 heterocycles. The molecule has 3 N–H and O–H groups in total. The molecule has 0 radical (unpaired) electrons. The highest BCUT2D eigenvalue weighted by Crippen LogP contribution is 2.34. The van der Waals surface area contributed by atoms with Gasteiger partial charge in [0.25, 0.3) is 0 Å². The summed E-state index contributed by atoms with van der Waals surface area (Å²) >= 11 is 6.21. The van der Waals surface area contributed by atoms with Crippen molar-refractivity contribution in [1.82, 2.24) is 25.1 Å². The van der Waals surface area contributed by atoms with Crippen LogP contribution in [0, 0.1) is 19.7 Å². The molecule has 0 unspecified atom stereocenters. The van der Waals surface area contributed by atoms with Crippen molar-refractivity contribution in [3.63, 3.8) is 0 Å².